The molecule has 0 unspecified atom stereocenters. The summed E-state index contributed by atoms with van der Waals surface area (Å²) in [4.78, 5) is 0. The molecule has 0 aromatic rings. The van der Waals surface area contributed by atoms with Gasteiger partial charge in [0.2, 0.25) is 0 Å². The summed E-state index contributed by atoms with van der Waals surface area (Å²) in [6.45, 7) is 0. The van der Waals surface area contributed by atoms with E-state index in [2.05, 4.69) is 11.7 Å². The molecule has 5 heteroatoms. The number of hydrazine groups is 3. The van der Waals surface area contributed by atoms with Gasteiger partial charge in [-0.1, -0.05) is 0 Å². The zero-order valence-corrected chi connectivity index (χ0v) is 3.38. The van der Waals surface area contributed by atoms with Crippen molar-refractivity contribution in [3.63, 3.8) is 0 Å². The van der Waals surface area contributed by atoms with E-state index in [0.29, 0.717) is 0 Å². The molecule has 6 N–H and O–H groups in total. The zero-order chi connectivity index (χ0) is 3.41. The third-order valence-electron chi connectivity index (χ3n) is 0.0833. The highest BCUT2D eigenvalue weighted by Crippen LogP contribution is 0.832. The van der Waals surface area contributed by atoms with Crippen molar-refractivity contribution < 1.29 is 0 Å². The lowest BCUT2D eigenvalue weighted by Gasteiger charge is -1.82. The Kier molecular flexibility index (Phi) is 15.9. The van der Waals surface area contributed by atoms with E-state index in [9.17, 15) is 0 Å². The summed E-state index contributed by atoms with van der Waals surface area (Å²) in [5.41, 5.74) is 3.92. The Morgan fingerprint density at radius 1 is 1.00 bits per heavy atom. The average molecular weight is 98.5 g/mol. The second-order valence-corrected chi connectivity index (χ2v) is 0.289. The van der Waals surface area contributed by atoms with E-state index in [4.69, 9.17) is 0 Å². The fourth-order valence-corrected chi connectivity index (χ4v) is 0. The van der Waals surface area contributed by atoms with Crippen LogP contribution in [-0.4, -0.2) is 0 Å². The molecule has 0 atom stereocenters. The molecule has 0 aliphatic rings. The molecule has 0 fully saturated rings. The Labute approximate surface area is 36.2 Å². The van der Waals surface area contributed by atoms with Gasteiger partial charge in [-0.3, -0.25) is 11.7 Å². The van der Waals surface area contributed by atoms with Gasteiger partial charge in [-0.05, 0) is 0 Å². The van der Waals surface area contributed by atoms with Crippen molar-refractivity contribution >= 4 is 12.4 Å². The van der Waals surface area contributed by atoms with Crippen molar-refractivity contribution in [1.82, 2.24) is 11.1 Å². The van der Waals surface area contributed by atoms with E-state index < -0.39 is 0 Å². The summed E-state index contributed by atoms with van der Waals surface area (Å²) < 4.78 is 0. The summed E-state index contributed by atoms with van der Waals surface area (Å²) >= 11 is 0. The van der Waals surface area contributed by atoms with Crippen LogP contribution in [0.25, 0.3) is 0 Å². The minimum Gasteiger partial charge on any atom is -0.257 e. The Balaban J connectivity index is 0. The molecule has 0 spiro atoms. The van der Waals surface area contributed by atoms with E-state index in [0.717, 1.165) is 0 Å². The van der Waals surface area contributed by atoms with Crippen LogP contribution in [0.15, 0.2) is 0 Å². The molecule has 0 saturated heterocycles. The predicted octanol–water partition coefficient (Wildman–Crippen LogP) is -1.75. The van der Waals surface area contributed by atoms with Crippen LogP contribution in [0.4, 0.5) is 0 Å². The molecule has 5 heavy (non-hydrogen) atoms. The number of hydrogen-bond acceptors (Lipinski definition) is 4. The normalized spacial score (nSPS) is 6.00. The van der Waals surface area contributed by atoms with Crippen LogP contribution in [0, 0.1) is 0 Å². The highest BCUT2D eigenvalue weighted by Gasteiger charge is 1.42. The summed E-state index contributed by atoms with van der Waals surface area (Å²) in [5.74, 6) is 9.08. The first-order chi connectivity index (χ1) is 1.91. The first-order valence-electron chi connectivity index (χ1n) is 0.827. The molecule has 4 nitrogen and oxygen atoms in total. The fourth-order valence-electron chi connectivity index (χ4n) is 0. The minimum absolute atomic E-state index is 0. The van der Waals surface area contributed by atoms with E-state index in [1.807, 2.05) is 11.1 Å². The number of halogens is 1. The van der Waals surface area contributed by atoms with Crippen molar-refractivity contribution in [2.75, 3.05) is 0 Å². The van der Waals surface area contributed by atoms with Gasteiger partial charge in [-0.25, -0.2) is 0 Å². The van der Waals surface area contributed by atoms with Crippen LogP contribution >= 0.6 is 12.4 Å². The number of nitrogens with two attached hydrogens (primary N) is 2. The molecule has 0 bridgehead atoms. The van der Waals surface area contributed by atoms with Crippen molar-refractivity contribution in [2.24, 2.45) is 11.7 Å². The SMILES string of the molecule is Cl.NNNN. The molecule has 0 aliphatic carbocycles. The number of nitrogens with one attached hydrogen (secondary N) is 2. The van der Waals surface area contributed by atoms with E-state index in [1.54, 1.807) is 0 Å². The second kappa shape index (κ2) is 8.92. The smallest absolute Gasteiger partial charge is 0.147 e. The van der Waals surface area contributed by atoms with Gasteiger partial charge >= 0.3 is 0 Å². The van der Waals surface area contributed by atoms with Gasteiger partial charge in [0.15, 0.2) is 0 Å². The first-order valence-corrected chi connectivity index (χ1v) is 0.827. The summed E-state index contributed by atoms with van der Waals surface area (Å²) in [7, 11) is 0. The van der Waals surface area contributed by atoms with Gasteiger partial charge < -0.3 is 0 Å². The van der Waals surface area contributed by atoms with Crippen LogP contribution in [0.3, 0.4) is 0 Å². The van der Waals surface area contributed by atoms with Crippen LogP contribution < -0.4 is 22.8 Å². The Morgan fingerprint density at radius 2 is 1.20 bits per heavy atom. The van der Waals surface area contributed by atoms with E-state index in [1.165, 1.54) is 0 Å². The Hall–Kier alpha value is 0.130. The maximum absolute atomic E-state index is 4.54. The quantitative estimate of drug-likeness (QED) is 0.232. The van der Waals surface area contributed by atoms with Crippen molar-refractivity contribution in [1.29, 1.82) is 0 Å². The van der Waals surface area contributed by atoms with Gasteiger partial charge in [0.05, 0.1) is 0 Å². The van der Waals surface area contributed by atoms with Gasteiger partial charge in [0, 0.05) is 0 Å². The third kappa shape index (κ3) is 14.7. The lowest BCUT2D eigenvalue weighted by Crippen LogP contribution is -2.42. The van der Waals surface area contributed by atoms with E-state index >= 15 is 0 Å². The van der Waals surface area contributed by atoms with Gasteiger partial charge in [-0.15, -0.1) is 12.4 Å². The molecule has 0 aromatic heterocycles. The van der Waals surface area contributed by atoms with E-state index in [-0.39, 0.29) is 12.4 Å². The van der Waals surface area contributed by atoms with Gasteiger partial charge in [0.1, 0.15) is 0 Å². The van der Waals surface area contributed by atoms with Crippen LogP contribution in [0.5, 0.6) is 0 Å². The maximum Gasteiger partial charge on any atom is -0.147 e. The average Bonchev–Trinajstić information content (AvgIpc) is 1.37. The van der Waals surface area contributed by atoms with Crippen molar-refractivity contribution in [3.05, 3.63) is 0 Å². The molecule has 0 saturated carbocycles. The largest absolute Gasteiger partial charge is 0.257 e. The molecule has 0 amide bonds. The monoisotopic (exact) mass is 98.0 g/mol. The lowest BCUT2D eigenvalue weighted by molar-refractivity contribution is 0.579. The molecule has 0 heterocycles. The molecule has 0 aliphatic heterocycles. The molecule has 0 radical (unpaired) electrons. The lowest BCUT2D eigenvalue weighted by atomic mass is 12.4. The Morgan fingerprint density at radius 3 is 1.20 bits per heavy atom. The van der Waals surface area contributed by atoms with Crippen LogP contribution in [0.1, 0.15) is 0 Å². The van der Waals surface area contributed by atoms with Gasteiger partial charge in [-0.2, -0.15) is 11.1 Å². The molecule has 34 valence electrons. The summed E-state index contributed by atoms with van der Waals surface area (Å²) in [6.07, 6.45) is 0. The van der Waals surface area contributed by atoms with Crippen molar-refractivity contribution in [3.8, 4) is 0 Å². The number of hydrogen-bond donors (Lipinski definition) is 4. The number of rotatable bonds is 1. The Bertz CT molecular complexity index is 5.61. The van der Waals surface area contributed by atoms with Crippen LogP contribution in [-0.2, 0) is 0 Å². The van der Waals surface area contributed by atoms with Crippen LogP contribution in [0.2, 0.25) is 0 Å². The highest BCUT2D eigenvalue weighted by molar-refractivity contribution is 5.85. The molecular formula is H7ClN4. The molecular weight excluding hydrogens is 91.5 g/mol. The third-order valence-corrected chi connectivity index (χ3v) is 0.0833. The molecule has 0 aromatic carbocycles. The summed E-state index contributed by atoms with van der Waals surface area (Å²) in [5, 5.41) is 0. The van der Waals surface area contributed by atoms with Crippen molar-refractivity contribution in [2.45, 2.75) is 0 Å². The predicted molar refractivity (Wildman–Crippen MR) is 21.9 cm³/mol. The fraction of sp³-hybridized carbons (Fsp3) is 0. The van der Waals surface area contributed by atoms with Gasteiger partial charge in [0.25, 0.3) is 0 Å². The minimum atomic E-state index is 0. The highest BCUT2D eigenvalue weighted by atomic mass is 35.5. The molecule has 0 rings (SSSR count). The zero-order valence-electron chi connectivity index (χ0n) is 2.56. The maximum atomic E-state index is 4.54. The standard InChI is InChI=1S/ClH.H6N4/c;1-3-4-2/h1H;3-4H,1-2H2. The first kappa shape index (κ1) is 8.93. The summed E-state index contributed by atoms with van der Waals surface area (Å²) in [6, 6.07) is 0. The topological polar surface area (TPSA) is 76.1 Å². The second-order valence-electron chi connectivity index (χ2n) is 0.289.